The van der Waals surface area contributed by atoms with Gasteiger partial charge in [0.15, 0.2) is 0 Å². The summed E-state index contributed by atoms with van der Waals surface area (Å²) in [4.78, 5) is 16.1. The number of carbonyl (C=O) groups is 1. The molecular weight excluding hydrogens is 431 g/mol. The van der Waals surface area contributed by atoms with Crippen LogP contribution < -0.4 is 16.0 Å². The summed E-state index contributed by atoms with van der Waals surface area (Å²) in [6, 6.07) is 18.0. The highest BCUT2D eigenvalue weighted by atomic mass is 19.1. The molecule has 0 unspecified atom stereocenters. The standard InChI is InChI=1S/C27H31FN4O2/c1-17(18-8-6-9-19(14-18)27(2,3)26(33)34)15-31-24(20-10-4-5-11-21(20)28)23-16-30-22-12-7-13-29-25(22)32-23/h4-14,17,23-24,30-31H,15-16H2,1-3H3,(H,29,32)(H,33,34)/t17-,23+,24+/m0/s1. The zero-order valence-corrected chi connectivity index (χ0v) is 19.7. The Morgan fingerprint density at radius 2 is 2.00 bits per heavy atom. The predicted molar refractivity (Wildman–Crippen MR) is 133 cm³/mol. The molecule has 4 N–H and O–H groups in total. The number of nitrogens with one attached hydrogen (secondary N) is 3. The Balaban J connectivity index is 1.55. The molecule has 0 amide bonds. The van der Waals surface area contributed by atoms with Crippen LogP contribution in [0.3, 0.4) is 0 Å². The van der Waals surface area contributed by atoms with Crippen molar-refractivity contribution in [2.75, 3.05) is 23.7 Å². The number of benzene rings is 2. The molecule has 3 aromatic rings. The number of halogens is 1. The molecular formula is C27H31FN4O2. The first-order valence-electron chi connectivity index (χ1n) is 11.5. The fraction of sp³-hybridized carbons (Fsp3) is 0.333. The van der Waals surface area contributed by atoms with Crippen molar-refractivity contribution in [3.63, 3.8) is 0 Å². The topological polar surface area (TPSA) is 86.3 Å². The van der Waals surface area contributed by atoms with Gasteiger partial charge in [-0.05, 0) is 49.1 Å². The second-order valence-corrected chi connectivity index (χ2v) is 9.40. The summed E-state index contributed by atoms with van der Waals surface area (Å²) in [5.41, 5.74) is 2.34. The average molecular weight is 463 g/mol. The van der Waals surface area contributed by atoms with Gasteiger partial charge in [0.1, 0.15) is 11.6 Å². The summed E-state index contributed by atoms with van der Waals surface area (Å²) >= 11 is 0. The molecule has 34 heavy (non-hydrogen) atoms. The summed E-state index contributed by atoms with van der Waals surface area (Å²) in [5.74, 6) is -0.286. The maximum absolute atomic E-state index is 14.8. The summed E-state index contributed by atoms with van der Waals surface area (Å²) in [6.07, 6.45) is 1.73. The molecule has 2 aromatic carbocycles. The first kappa shape index (κ1) is 23.7. The highest BCUT2D eigenvalue weighted by Crippen LogP contribution is 2.31. The van der Waals surface area contributed by atoms with Crippen molar-refractivity contribution in [2.45, 2.75) is 44.2 Å². The Labute approximate surface area is 199 Å². The smallest absolute Gasteiger partial charge is 0.313 e. The van der Waals surface area contributed by atoms with Gasteiger partial charge in [0.25, 0.3) is 0 Å². The molecule has 1 aliphatic heterocycles. The first-order chi connectivity index (χ1) is 16.3. The van der Waals surface area contributed by atoms with Crippen molar-refractivity contribution in [2.24, 2.45) is 0 Å². The molecule has 1 aromatic heterocycles. The van der Waals surface area contributed by atoms with Gasteiger partial charge in [0.2, 0.25) is 0 Å². The Kier molecular flexibility index (Phi) is 6.84. The number of pyridine rings is 1. The third-order valence-corrected chi connectivity index (χ3v) is 6.64. The molecule has 4 rings (SSSR count). The molecule has 0 saturated heterocycles. The average Bonchev–Trinajstić information content (AvgIpc) is 2.85. The van der Waals surface area contributed by atoms with Crippen molar-refractivity contribution in [3.8, 4) is 0 Å². The number of carboxylic acid groups (broad SMARTS) is 1. The quantitative estimate of drug-likeness (QED) is 0.380. The van der Waals surface area contributed by atoms with Gasteiger partial charge < -0.3 is 21.1 Å². The van der Waals surface area contributed by atoms with E-state index in [1.54, 1.807) is 26.1 Å². The third kappa shape index (κ3) is 4.89. The summed E-state index contributed by atoms with van der Waals surface area (Å²) < 4.78 is 14.8. The van der Waals surface area contributed by atoms with E-state index in [1.165, 1.54) is 6.07 Å². The van der Waals surface area contributed by atoms with E-state index in [1.807, 2.05) is 48.5 Å². The molecule has 1 aliphatic rings. The van der Waals surface area contributed by atoms with E-state index < -0.39 is 11.4 Å². The van der Waals surface area contributed by atoms with Crippen LogP contribution in [0.2, 0.25) is 0 Å². The second-order valence-electron chi connectivity index (χ2n) is 9.40. The van der Waals surface area contributed by atoms with Crippen LogP contribution in [0, 0.1) is 5.82 Å². The third-order valence-electron chi connectivity index (χ3n) is 6.64. The van der Waals surface area contributed by atoms with E-state index in [0.29, 0.717) is 18.7 Å². The van der Waals surface area contributed by atoms with Gasteiger partial charge in [0.05, 0.1) is 23.2 Å². The Morgan fingerprint density at radius 1 is 1.21 bits per heavy atom. The minimum atomic E-state index is -0.975. The lowest BCUT2D eigenvalue weighted by molar-refractivity contribution is -0.142. The first-order valence-corrected chi connectivity index (χ1v) is 11.5. The van der Waals surface area contributed by atoms with Gasteiger partial charge in [-0.1, -0.05) is 49.4 Å². The zero-order chi connectivity index (χ0) is 24.3. The van der Waals surface area contributed by atoms with Crippen LogP contribution in [0.25, 0.3) is 0 Å². The number of rotatable bonds is 8. The molecule has 0 fully saturated rings. The number of fused-ring (bicyclic) bond motifs is 1. The molecule has 0 spiro atoms. The van der Waals surface area contributed by atoms with Gasteiger partial charge in [-0.25, -0.2) is 9.37 Å². The molecule has 2 heterocycles. The Hall–Kier alpha value is -3.45. The lowest BCUT2D eigenvalue weighted by Gasteiger charge is -2.35. The highest BCUT2D eigenvalue weighted by molar-refractivity contribution is 5.80. The fourth-order valence-electron chi connectivity index (χ4n) is 4.29. The van der Waals surface area contributed by atoms with E-state index in [9.17, 15) is 14.3 Å². The van der Waals surface area contributed by atoms with Crippen molar-refractivity contribution < 1.29 is 14.3 Å². The maximum Gasteiger partial charge on any atom is 0.313 e. The number of aliphatic carboxylic acids is 1. The van der Waals surface area contributed by atoms with E-state index in [0.717, 1.165) is 22.6 Å². The van der Waals surface area contributed by atoms with Gasteiger partial charge in [-0.2, -0.15) is 0 Å². The van der Waals surface area contributed by atoms with Crippen LogP contribution >= 0.6 is 0 Å². The number of nitrogens with zero attached hydrogens (tertiary/aromatic N) is 1. The van der Waals surface area contributed by atoms with Crippen LogP contribution in [0.15, 0.2) is 66.9 Å². The van der Waals surface area contributed by atoms with Gasteiger partial charge in [-0.15, -0.1) is 0 Å². The Bertz CT molecular complexity index is 1170. The molecule has 0 bridgehead atoms. The fourth-order valence-corrected chi connectivity index (χ4v) is 4.29. The van der Waals surface area contributed by atoms with E-state index in [-0.39, 0.29) is 23.8 Å². The molecule has 0 radical (unpaired) electrons. The van der Waals surface area contributed by atoms with Crippen molar-refractivity contribution in [3.05, 3.63) is 89.4 Å². The van der Waals surface area contributed by atoms with Crippen LogP contribution in [0.1, 0.15) is 49.4 Å². The summed E-state index contributed by atoms with van der Waals surface area (Å²) in [5, 5.41) is 20.0. The molecule has 7 heteroatoms. The normalized spacial score (nSPS) is 17.1. The number of hydrogen-bond donors (Lipinski definition) is 4. The largest absolute Gasteiger partial charge is 0.481 e. The molecule has 0 saturated carbocycles. The number of carboxylic acids is 1. The van der Waals surface area contributed by atoms with E-state index >= 15 is 0 Å². The van der Waals surface area contributed by atoms with E-state index in [4.69, 9.17) is 0 Å². The Morgan fingerprint density at radius 3 is 2.76 bits per heavy atom. The number of aromatic nitrogens is 1. The zero-order valence-electron chi connectivity index (χ0n) is 19.7. The summed E-state index contributed by atoms with van der Waals surface area (Å²) in [7, 11) is 0. The summed E-state index contributed by atoms with van der Waals surface area (Å²) in [6.45, 7) is 6.70. The van der Waals surface area contributed by atoms with Gasteiger partial charge >= 0.3 is 5.97 Å². The minimum Gasteiger partial charge on any atom is -0.481 e. The highest BCUT2D eigenvalue weighted by Gasteiger charge is 2.31. The number of anilines is 2. The molecule has 6 nitrogen and oxygen atoms in total. The lowest BCUT2D eigenvalue weighted by atomic mass is 9.83. The molecule has 0 aliphatic carbocycles. The number of hydrogen-bond acceptors (Lipinski definition) is 5. The SMILES string of the molecule is C[C@@H](CN[C@H](c1ccccc1F)[C@H]1CNc2cccnc2N1)c1cccc(C(C)(C)C(=O)O)c1. The second kappa shape index (κ2) is 9.81. The van der Waals surface area contributed by atoms with Crippen molar-refractivity contribution in [1.82, 2.24) is 10.3 Å². The predicted octanol–water partition coefficient (Wildman–Crippen LogP) is 4.92. The molecule has 3 atom stereocenters. The van der Waals surface area contributed by atoms with Gasteiger partial charge in [-0.3, -0.25) is 4.79 Å². The molecule has 178 valence electrons. The van der Waals surface area contributed by atoms with E-state index in [2.05, 4.69) is 27.9 Å². The van der Waals surface area contributed by atoms with Crippen LogP contribution in [0.5, 0.6) is 0 Å². The van der Waals surface area contributed by atoms with Crippen LogP contribution in [-0.4, -0.2) is 35.2 Å². The monoisotopic (exact) mass is 462 g/mol. The lowest BCUT2D eigenvalue weighted by Crippen LogP contribution is -2.45. The van der Waals surface area contributed by atoms with Gasteiger partial charge in [0, 0.05) is 24.8 Å². The van der Waals surface area contributed by atoms with Crippen molar-refractivity contribution >= 4 is 17.5 Å². The van der Waals surface area contributed by atoms with Crippen LogP contribution in [-0.2, 0) is 10.2 Å². The minimum absolute atomic E-state index is 0.0841. The van der Waals surface area contributed by atoms with Crippen LogP contribution in [0.4, 0.5) is 15.9 Å². The maximum atomic E-state index is 14.8. The van der Waals surface area contributed by atoms with Crippen molar-refractivity contribution in [1.29, 1.82) is 0 Å².